The summed E-state index contributed by atoms with van der Waals surface area (Å²) < 4.78 is 5.56. The molecule has 1 atom stereocenters. The summed E-state index contributed by atoms with van der Waals surface area (Å²) in [6.45, 7) is 3.18. The highest BCUT2D eigenvalue weighted by Gasteiger charge is 2.18. The summed E-state index contributed by atoms with van der Waals surface area (Å²) in [6, 6.07) is 3.71. The van der Waals surface area contributed by atoms with Crippen LogP contribution in [0.2, 0.25) is 0 Å². The minimum atomic E-state index is -0.00757. The Morgan fingerprint density at radius 1 is 1.75 bits per heavy atom. The van der Waals surface area contributed by atoms with Gasteiger partial charge in [-0.25, -0.2) is 0 Å². The van der Waals surface area contributed by atoms with E-state index in [1.54, 1.807) is 0 Å². The van der Waals surface area contributed by atoms with Crippen LogP contribution in [0.5, 0.6) is 0 Å². The number of nitrogens with one attached hydrogen (secondary N) is 1. The molecule has 2 rings (SSSR count). The molecule has 1 aromatic heterocycles. The van der Waals surface area contributed by atoms with Gasteiger partial charge in [-0.3, -0.25) is 4.79 Å². The predicted octanol–water partition coefficient (Wildman–Crippen LogP) is 0.808. The molecule has 1 amide bonds. The number of morpholine rings is 1. The van der Waals surface area contributed by atoms with Crippen molar-refractivity contribution in [3.8, 4) is 0 Å². The summed E-state index contributed by atoms with van der Waals surface area (Å²) in [7, 11) is 2.07. The summed E-state index contributed by atoms with van der Waals surface area (Å²) in [5.41, 5.74) is 0. The van der Waals surface area contributed by atoms with E-state index in [0.29, 0.717) is 6.54 Å². The molecule has 0 aromatic carbocycles. The van der Waals surface area contributed by atoms with Crippen LogP contribution < -0.4 is 5.32 Å². The second-order valence-corrected chi connectivity index (χ2v) is 4.89. The third-order valence-electron chi connectivity index (χ3n) is 2.58. The highest BCUT2D eigenvalue weighted by molar-refractivity contribution is 7.12. The standard InChI is InChI=1S/C11H16N2O2S/c1-13-4-5-15-9(8-13)7-12-11(14)10-3-2-6-16-10/h2-3,6,9H,4-5,7-8H2,1H3,(H,12,14). The van der Waals surface area contributed by atoms with E-state index in [0.717, 1.165) is 24.6 Å². The van der Waals surface area contributed by atoms with Crippen molar-refractivity contribution in [1.29, 1.82) is 0 Å². The number of carbonyl (C=O) groups excluding carboxylic acids is 1. The van der Waals surface area contributed by atoms with Gasteiger partial charge in [0, 0.05) is 19.6 Å². The first-order valence-electron chi connectivity index (χ1n) is 5.37. The minimum absolute atomic E-state index is 0.00757. The monoisotopic (exact) mass is 240 g/mol. The van der Waals surface area contributed by atoms with Crippen LogP contribution in [-0.2, 0) is 4.74 Å². The van der Waals surface area contributed by atoms with Crippen LogP contribution >= 0.6 is 11.3 Å². The van der Waals surface area contributed by atoms with Crippen molar-refractivity contribution in [2.45, 2.75) is 6.10 Å². The Kier molecular flexibility index (Phi) is 3.93. The van der Waals surface area contributed by atoms with Gasteiger partial charge >= 0.3 is 0 Å². The first-order valence-corrected chi connectivity index (χ1v) is 6.25. The Bertz CT molecular complexity index is 340. The zero-order chi connectivity index (χ0) is 11.4. The normalized spacial score (nSPS) is 21.9. The molecule has 0 saturated carbocycles. The molecule has 0 radical (unpaired) electrons. The van der Waals surface area contributed by atoms with Crippen LogP contribution in [-0.4, -0.2) is 50.2 Å². The summed E-state index contributed by atoms with van der Waals surface area (Å²) >= 11 is 1.45. The fourth-order valence-electron chi connectivity index (χ4n) is 1.69. The molecular weight excluding hydrogens is 224 g/mol. The van der Waals surface area contributed by atoms with Crippen LogP contribution in [0.15, 0.2) is 17.5 Å². The van der Waals surface area contributed by atoms with Crippen molar-refractivity contribution in [2.24, 2.45) is 0 Å². The first-order chi connectivity index (χ1) is 7.75. The maximum Gasteiger partial charge on any atom is 0.261 e. The molecule has 88 valence electrons. The van der Waals surface area contributed by atoms with Gasteiger partial charge in [0.05, 0.1) is 17.6 Å². The lowest BCUT2D eigenvalue weighted by Gasteiger charge is -2.30. The van der Waals surface area contributed by atoms with Crippen molar-refractivity contribution in [3.63, 3.8) is 0 Å². The highest BCUT2D eigenvalue weighted by atomic mass is 32.1. The number of rotatable bonds is 3. The molecule has 1 aliphatic heterocycles. The predicted molar refractivity (Wildman–Crippen MR) is 63.9 cm³/mol. The van der Waals surface area contributed by atoms with Crippen LogP contribution in [0.25, 0.3) is 0 Å². The van der Waals surface area contributed by atoms with E-state index < -0.39 is 0 Å². The van der Waals surface area contributed by atoms with Gasteiger partial charge in [-0.05, 0) is 18.5 Å². The number of carbonyl (C=O) groups is 1. The molecule has 2 heterocycles. The third kappa shape index (κ3) is 3.04. The van der Waals surface area contributed by atoms with Gasteiger partial charge in [0.2, 0.25) is 0 Å². The van der Waals surface area contributed by atoms with Gasteiger partial charge in [0.25, 0.3) is 5.91 Å². The highest BCUT2D eigenvalue weighted by Crippen LogP contribution is 2.08. The molecule has 0 bridgehead atoms. The number of hydrogen-bond acceptors (Lipinski definition) is 4. The summed E-state index contributed by atoms with van der Waals surface area (Å²) in [5, 5.41) is 4.80. The maximum atomic E-state index is 11.7. The second kappa shape index (κ2) is 5.43. The van der Waals surface area contributed by atoms with Crippen molar-refractivity contribution in [2.75, 3.05) is 33.3 Å². The Morgan fingerprint density at radius 2 is 2.62 bits per heavy atom. The molecule has 0 spiro atoms. The Balaban J connectivity index is 1.77. The van der Waals surface area contributed by atoms with Crippen molar-refractivity contribution in [1.82, 2.24) is 10.2 Å². The Morgan fingerprint density at radius 3 is 3.31 bits per heavy atom. The van der Waals surface area contributed by atoms with Gasteiger partial charge in [0.1, 0.15) is 0 Å². The van der Waals surface area contributed by atoms with Crippen molar-refractivity contribution in [3.05, 3.63) is 22.4 Å². The molecular formula is C11H16N2O2S. The lowest BCUT2D eigenvalue weighted by Crippen LogP contribution is -2.45. The fraction of sp³-hybridized carbons (Fsp3) is 0.545. The molecule has 1 fully saturated rings. The van der Waals surface area contributed by atoms with E-state index in [4.69, 9.17) is 4.74 Å². The van der Waals surface area contributed by atoms with Crippen LogP contribution in [0, 0.1) is 0 Å². The number of ether oxygens (including phenoxy) is 1. The van der Waals surface area contributed by atoms with Gasteiger partial charge in [-0.2, -0.15) is 0 Å². The van der Waals surface area contributed by atoms with Gasteiger partial charge in [-0.1, -0.05) is 6.07 Å². The van der Waals surface area contributed by atoms with E-state index in [1.807, 2.05) is 17.5 Å². The molecule has 1 N–H and O–H groups in total. The second-order valence-electron chi connectivity index (χ2n) is 3.94. The lowest BCUT2D eigenvalue weighted by atomic mass is 10.3. The fourth-order valence-corrected chi connectivity index (χ4v) is 2.33. The van der Waals surface area contributed by atoms with Crippen LogP contribution in [0.3, 0.4) is 0 Å². The smallest absolute Gasteiger partial charge is 0.261 e. The van der Waals surface area contributed by atoms with Gasteiger partial charge < -0.3 is 15.0 Å². The number of thiophene rings is 1. The molecule has 4 nitrogen and oxygen atoms in total. The molecule has 16 heavy (non-hydrogen) atoms. The van der Waals surface area contributed by atoms with E-state index in [2.05, 4.69) is 17.3 Å². The SMILES string of the molecule is CN1CCOC(CNC(=O)c2cccs2)C1. The van der Waals surface area contributed by atoms with Gasteiger partial charge in [0.15, 0.2) is 0 Å². The first kappa shape index (κ1) is 11.6. The topological polar surface area (TPSA) is 41.6 Å². The van der Waals surface area contributed by atoms with E-state index in [1.165, 1.54) is 11.3 Å². The summed E-state index contributed by atoms with van der Waals surface area (Å²) in [5.74, 6) is -0.00757. The number of amides is 1. The molecule has 1 unspecified atom stereocenters. The lowest BCUT2D eigenvalue weighted by molar-refractivity contribution is -0.0174. The van der Waals surface area contributed by atoms with E-state index >= 15 is 0 Å². The quantitative estimate of drug-likeness (QED) is 0.850. The third-order valence-corrected chi connectivity index (χ3v) is 3.45. The van der Waals surface area contributed by atoms with Gasteiger partial charge in [-0.15, -0.1) is 11.3 Å². The van der Waals surface area contributed by atoms with Crippen molar-refractivity contribution >= 4 is 17.2 Å². The van der Waals surface area contributed by atoms with E-state index in [9.17, 15) is 4.79 Å². The number of nitrogens with zero attached hydrogens (tertiary/aromatic N) is 1. The molecule has 5 heteroatoms. The average molecular weight is 240 g/mol. The number of likely N-dealkylation sites (N-methyl/N-ethyl adjacent to an activating group) is 1. The largest absolute Gasteiger partial charge is 0.374 e. The minimum Gasteiger partial charge on any atom is -0.374 e. The summed E-state index contributed by atoms with van der Waals surface area (Å²) in [6.07, 6.45) is 0.114. The number of hydrogen-bond donors (Lipinski definition) is 1. The zero-order valence-electron chi connectivity index (χ0n) is 9.31. The Hall–Kier alpha value is -0.910. The van der Waals surface area contributed by atoms with Crippen LogP contribution in [0.4, 0.5) is 0 Å². The molecule has 1 aromatic rings. The molecule has 1 saturated heterocycles. The molecule has 0 aliphatic carbocycles. The average Bonchev–Trinajstić information content (AvgIpc) is 2.79. The zero-order valence-corrected chi connectivity index (χ0v) is 10.1. The maximum absolute atomic E-state index is 11.7. The molecule has 1 aliphatic rings. The van der Waals surface area contributed by atoms with E-state index in [-0.39, 0.29) is 12.0 Å². The summed E-state index contributed by atoms with van der Waals surface area (Å²) in [4.78, 5) is 14.6. The van der Waals surface area contributed by atoms with Crippen molar-refractivity contribution < 1.29 is 9.53 Å². The van der Waals surface area contributed by atoms with Crippen LogP contribution in [0.1, 0.15) is 9.67 Å². The Labute approximate surface area is 99.2 Å².